The van der Waals surface area contributed by atoms with Crippen LogP contribution in [-0.4, -0.2) is 9.97 Å². The summed E-state index contributed by atoms with van der Waals surface area (Å²) in [4.78, 5) is 15.5. The van der Waals surface area contributed by atoms with Crippen molar-refractivity contribution in [1.29, 1.82) is 0 Å². The highest BCUT2D eigenvalue weighted by Crippen LogP contribution is 2.42. The quantitative estimate of drug-likeness (QED) is 0.129. The lowest BCUT2D eigenvalue weighted by molar-refractivity contribution is 1.28. The predicted octanol–water partition coefficient (Wildman–Crippen LogP) is 16.4. The van der Waals surface area contributed by atoms with Gasteiger partial charge in [0.15, 0.2) is 0 Å². The number of pyridine rings is 2. The molecule has 0 amide bonds. The first-order chi connectivity index (χ1) is 31.7. The summed E-state index contributed by atoms with van der Waals surface area (Å²) in [5, 5.41) is 2.09. The van der Waals surface area contributed by atoms with Crippen molar-refractivity contribution >= 4 is 55.9 Å². The molecular weight excluding hydrogens is 777 g/mol. The highest BCUT2D eigenvalue weighted by Gasteiger charge is 2.19. The molecule has 0 unspecified atom stereocenters. The summed E-state index contributed by atoms with van der Waals surface area (Å²) in [6, 6.07) is 89.8. The average molecular weight is 819 g/mol. The van der Waals surface area contributed by atoms with Gasteiger partial charge >= 0.3 is 0 Å². The standard InChI is InChI=1S/C60H42N4/c1-7-19-45(20-8-1)57-41-55(43-31-35-51(36-32-43)63(47-23-11-3-12-24-47)48-25-13-4-14-26-48)53-39-40-54-56(42-58(46-21-9-2-10-22-46)62-60(54)59(53)61-57)44-33-37-52(38-34-44)64(49-27-15-5-16-28-49)50-29-17-6-18-30-50/h1-42H. The maximum absolute atomic E-state index is 5.48. The number of anilines is 6. The van der Waals surface area contributed by atoms with Gasteiger partial charge in [-0.1, -0.05) is 170 Å². The third-order valence-corrected chi connectivity index (χ3v) is 11.8. The molecule has 2 heterocycles. The molecule has 0 spiro atoms. The summed E-state index contributed by atoms with van der Waals surface area (Å²) in [5.74, 6) is 0. The van der Waals surface area contributed by atoms with E-state index in [1.165, 1.54) is 0 Å². The predicted molar refractivity (Wildman–Crippen MR) is 268 cm³/mol. The van der Waals surface area contributed by atoms with Gasteiger partial charge in [0.1, 0.15) is 0 Å². The molecular formula is C60H42N4. The SMILES string of the molecule is c1ccc(-c2cc(-c3ccc(N(c4ccccc4)c4ccccc4)cc3)c3ccc4c(-c5ccc(N(c6ccccc6)c6ccccc6)cc5)cc(-c5ccccc5)nc4c3n2)cc1. The molecule has 2 aromatic heterocycles. The molecule has 0 radical (unpaired) electrons. The van der Waals surface area contributed by atoms with Crippen LogP contribution in [0.1, 0.15) is 0 Å². The zero-order chi connectivity index (χ0) is 42.7. The normalized spacial score (nSPS) is 11.1. The Kier molecular flexibility index (Phi) is 10.2. The second kappa shape index (κ2) is 17.0. The van der Waals surface area contributed by atoms with Gasteiger partial charge in [0.05, 0.1) is 22.4 Å². The van der Waals surface area contributed by atoms with E-state index in [4.69, 9.17) is 9.97 Å². The van der Waals surface area contributed by atoms with Crippen LogP contribution in [-0.2, 0) is 0 Å². The van der Waals surface area contributed by atoms with Crippen molar-refractivity contribution in [2.24, 2.45) is 0 Å². The number of para-hydroxylation sites is 4. The molecule has 0 aliphatic heterocycles. The third-order valence-electron chi connectivity index (χ3n) is 11.8. The molecule has 4 nitrogen and oxygen atoms in total. The Morgan fingerprint density at radius 1 is 0.234 bits per heavy atom. The second-order valence-corrected chi connectivity index (χ2v) is 15.8. The van der Waals surface area contributed by atoms with Gasteiger partial charge in [0.2, 0.25) is 0 Å². The fraction of sp³-hybridized carbons (Fsp3) is 0. The number of aromatic nitrogens is 2. The van der Waals surface area contributed by atoms with Gasteiger partial charge in [-0.2, -0.15) is 0 Å². The molecule has 0 saturated carbocycles. The van der Waals surface area contributed by atoms with Crippen molar-refractivity contribution in [2.75, 3.05) is 9.80 Å². The van der Waals surface area contributed by atoms with Crippen LogP contribution in [0.3, 0.4) is 0 Å². The highest BCUT2D eigenvalue weighted by molar-refractivity contribution is 6.13. The number of hydrogen-bond acceptors (Lipinski definition) is 4. The number of benzene rings is 9. The fourth-order valence-electron chi connectivity index (χ4n) is 8.75. The molecule has 0 aliphatic carbocycles. The van der Waals surface area contributed by atoms with Gasteiger partial charge in [0, 0.05) is 56.0 Å². The monoisotopic (exact) mass is 818 g/mol. The summed E-state index contributed by atoms with van der Waals surface area (Å²) in [6.07, 6.45) is 0. The van der Waals surface area contributed by atoms with Crippen LogP contribution in [0, 0.1) is 0 Å². The molecule has 64 heavy (non-hydrogen) atoms. The minimum absolute atomic E-state index is 0.864. The van der Waals surface area contributed by atoms with Crippen LogP contribution >= 0.6 is 0 Å². The minimum Gasteiger partial charge on any atom is -0.311 e. The molecule has 0 atom stereocenters. The van der Waals surface area contributed by atoms with Gasteiger partial charge < -0.3 is 9.80 Å². The summed E-state index contributed by atoms with van der Waals surface area (Å²) >= 11 is 0. The molecule has 0 fully saturated rings. The first kappa shape index (κ1) is 38.3. The van der Waals surface area contributed by atoms with E-state index < -0.39 is 0 Å². The first-order valence-electron chi connectivity index (χ1n) is 21.7. The van der Waals surface area contributed by atoms with Crippen molar-refractivity contribution in [2.45, 2.75) is 0 Å². The van der Waals surface area contributed by atoms with E-state index in [0.29, 0.717) is 0 Å². The summed E-state index contributed by atoms with van der Waals surface area (Å²) in [6.45, 7) is 0. The smallest absolute Gasteiger partial charge is 0.0978 e. The minimum atomic E-state index is 0.864. The van der Waals surface area contributed by atoms with Gasteiger partial charge in [-0.25, -0.2) is 9.97 Å². The van der Waals surface area contributed by atoms with Gasteiger partial charge in [-0.05, 0) is 107 Å². The third kappa shape index (κ3) is 7.44. The number of nitrogens with zero attached hydrogens (tertiary/aromatic N) is 4. The van der Waals surface area contributed by atoms with Crippen LogP contribution in [0.15, 0.2) is 255 Å². The van der Waals surface area contributed by atoms with Crippen molar-refractivity contribution in [3.8, 4) is 44.8 Å². The van der Waals surface area contributed by atoms with E-state index in [-0.39, 0.29) is 0 Å². The van der Waals surface area contributed by atoms with Crippen LogP contribution in [0.5, 0.6) is 0 Å². The molecule has 11 rings (SSSR count). The largest absolute Gasteiger partial charge is 0.311 e. The Hall–Kier alpha value is -8.60. The molecule has 9 aromatic carbocycles. The van der Waals surface area contributed by atoms with Gasteiger partial charge in [0.25, 0.3) is 0 Å². The molecule has 0 saturated heterocycles. The topological polar surface area (TPSA) is 32.3 Å². The van der Waals surface area contributed by atoms with E-state index >= 15 is 0 Å². The Morgan fingerprint density at radius 2 is 0.500 bits per heavy atom. The Bertz CT molecular complexity index is 3020. The maximum atomic E-state index is 5.48. The van der Waals surface area contributed by atoms with Crippen molar-refractivity contribution in [3.05, 3.63) is 255 Å². The van der Waals surface area contributed by atoms with Crippen LogP contribution in [0.25, 0.3) is 66.6 Å². The molecule has 11 aromatic rings. The Balaban J connectivity index is 1.09. The summed E-state index contributed by atoms with van der Waals surface area (Å²) in [5.41, 5.74) is 16.6. The highest BCUT2D eigenvalue weighted by atomic mass is 15.1. The lowest BCUT2D eigenvalue weighted by Gasteiger charge is -2.25. The summed E-state index contributed by atoms with van der Waals surface area (Å²) in [7, 11) is 0. The van der Waals surface area contributed by atoms with Crippen molar-refractivity contribution < 1.29 is 0 Å². The molecule has 4 heteroatoms. The van der Waals surface area contributed by atoms with Gasteiger partial charge in [-0.15, -0.1) is 0 Å². The zero-order valence-electron chi connectivity index (χ0n) is 35.0. The maximum Gasteiger partial charge on any atom is 0.0978 e. The van der Waals surface area contributed by atoms with E-state index in [2.05, 4.69) is 265 Å². The van der Waals surface area contributed by atoms with Gasteiger partial charge in [-0.3, -0.25) is 0 Å². The van der Waals surface area contributed by atoms with E-state index in [9.17, 15) is 0 Å². The van der Waals surface area contributed by atoms with Crippen molar-refractivity contribution in [3.63, 3.8) is 0 Å². The molecule has 0 aliphatic rings. The molecule has 302 valence electrons. The van der Waals surface area contributed by atoms with Crippen LogP contribution < -0.4 is 9.80 Å². The Labute approximate surface area is 373 Å². The van der Waals surface area contributed by atoms with Crippen molar-refractivity contribution in [1.82, 2.24) is 9.97 Å². The summed E-state index contributed by atoms with van der Waals surface area (Å²) < 4.78 is 0. The number of hydrogen-bond donors (Lipinski definition) is 0. The second-order valence-electron chi connectivity index (χ2n) is 15.8. The lowest BCUT2D eigenvalue weighted by Crippen LogP contribution is -2.09. The molecule has 0 N–H and O–H groups in total. The average Bonchev–Trinajstić information content (AvgIpc) is 3.38. The lowest BCUT2D eigenvalue weighted by atomic mass is 9.93. The Morgan fingerprint density at radius 3 is 0.797 bits per heavy atom. The number of rotatable bonds is 10. The van der Waals surface area contributed by atoms with E-state index in [0.717, 1.165) is 101 Å². The van der Waals surface area contributed by atoms with E-state index in [1.807, 2.05) is 0 Å². The fourth-order valence-corrected chi connectivity index (χ4v) is 8.75. The van der Waals surface area contributed by atoms with Crippen LogP contribution in [0.4, 0.5) is 34.1 Å². The van der Waals surface area contributed by atoms with Crippen LogP contribution in [0.2, 0.25) is 0 Å². The number of fused-ring (bicyclic) bond motifs is 3. The first-order valence-corrected chi connectivity index (χ1v) is 21.7. The zero-order valence-corrected chi connectivity index (χ0v) is 35.0. The molecule has 0 bridgehead atoms. The van der Waals surface area contributed by atoms with E-state index in [1.54, 1.807) is 0 Å².